The van der Waals surface area contributed by atoms with Gasteiger partial charge in [-0.05, 0) is 48.5 Å². The molecule has 0 saturated carbocycles. The Balaban J connectivity index is 2.22. The molecule has 2 fully saturated rings. The predicted molar refractivity (Wildman–Crippen MR) is 81.1 cm³/mol. The molecule has 2 rings (SSSR count). The van der Waals surface area contributed by atoms with E-state index in [-0.39, 0.29) is 29.5 Å². The maximum absolute atomic E-state index is 6.33. The highest BCUT2D eigenvalue weighted by molar-refractivity contribution is 5.13. The molecule has 0 aliphatic carbocycles. The van der Waals surface area contributed by atoms with Crippen LogP contribution in [0.1, 0.15) is 48.5 Å². The van der Waals surface area contributed by atoms with Gasteiger partial charge in [0.1, 0.15) is 11.7 Å². The van der Waals surface area contributed by atoms with Crippen molar-refractivity contribution in [3.63, 3.8) is 0 Å². The van der Waals surface area contributed by atoms with Gasteiger partial charge in [-0.1, -0.05) is 0 Å². The second kappa shape index (κ2) is 5.46. The number of hydrogen-bond donors (Lipinski definition) is 0. The summed E-state index contributed by atoms with van der Waals surface area (Å²) in [5, 5.41) is 1.98. The summed E-state index contributed by atoms with van der Waals surface area (Å²) in [6.45, 7) is 15.7. The zero-order valence-electron chi connectivity index (χ0n) is 14.7. The van der Waals surface area contributed by atoms with Gasteiger partial charge < -0.3 is 19.0 Å². The van der Waals surface area contributed by atoms with Crippen molar-refractivity contribution in [1.29, 1.82) is 0 Å². The van der Waals surface area contributed by atoms with Crippen LogP contribution in [0.4, 0.5) is 0 Å². The predicted octanol–water partition coefficient (Wildman–Crippen LogP) is 2.39. The van der Waals surface area contributed by atoms with Crippen LogP contribution in [-0.2, 0) is 19.0 Å². The lowest BCUT2D eigenvalue weighted by Crippen LogP contribution is -2.51. The van der Waals surface area contributed by atoms with Gasteiger partial charge in [-0.15, -0.1) is 0 Å². The lowest BCUT2D eigenvalue weighted by atomic mass is 9.97. The highest BCUT2D eigenvalue weighted by Crippen LogP contribution is 2.45. The Morgan fingerprint density at radius 1 is 1.14 bits per heavy atom. The van der Waals surface area contributed by atoms with E-state index in [1.54, 1.807) is 7.11 Å². The van der Waals surface area contributed by atoms with Crippen LogP contribution in [0.15, 0.2) is 0 Å². The third-order valence-corrected chi connectivity index (χ3v) is 3.95. The number of rotatable bonds is 4. The zero-order chi connectivity index (χ0) is 16.1. The fourth-order valence-electron chi connectivity index (χ4n) is 3.19. The molecule has 2 bridgehead atoms. The first-order valence-electron chi connectivity index (χ1n) is 7.78. The first-order chi connectivity index (χ1) is 9.47. The molecule has 21 heavy (non-hydrogen) atoms. The molecule has 5 heteroatoms. The van der Waals surface area contributed by atoms with E-state index in [1.165, 1.54) is 0 Å². The highest BCUT2D eigenvalue weighted by Gasteiger charge is 2.64. The summed E-state index contributed by atoms with van der Waals surface area (Å²) in [6.07, 6.45) is 0.0180. The summed E-state index contributed by atoms with van der Waals surface area (Å²) in [5.74, 6) is 0. The maximum Gasteiger partial charge on any atom is 0.135 e. The second-order valence-corrected chi connectivity index (χ2v) is 8.19. The zero-order valence-corrected chi connectivity index (χ0v) is 14.7. The van der Waals surface area contributed by atoms with Crippen molar-refractivity contribution in [3.8, 4) is 0 Å². The molecule has 0 N–H and O–H groups in total. The Kier molecular flexibility index (Phi) is 4.46. The number of nitrogens with zero attached hydrogens (tertiary/aromatic N) is 1. The van der Waals surface area contributed by atoms with Gasteiger partial charge in [0.25, 0.3) is 0 Å². The van der Waals surface area contributed by atoms with Crippen LogP contribution in [0.3, 0.4) is 0 Å². The topological polar surface area (TPSA) is 40.2 Å². The van der Waals surface area contributed by atoms with Gasteiger partial charge in [0.15, 0.2) is 0 Å². The number of hydroxylamine groups is 2. The van der Waals surface area contributed by atoms with Gasteiger partial charge >= 0.3 is 0 Å². The smallest absolute Gasteiger partial charge is 0.135 e. The Morgan fingerprint density at radius 3 is 2.24 bits per heavy atom. The average molecular weight is 301 g/mol. The van der Waals surface area contributed by atoms with E-state index in [1.807, 2.05) is 5.06 Å². The normalized spacial score (nSPS) is 37.4. The highest BCUT2D eigenvalue weighted by atomic mass is 16.7. The summed E-state index contributed by atoms with van der Waals surface area (Å²) in [6, 6.07) is 0.109. The van der Waals surface area contributed by atoms with Crippen LogP contribution in [-0.4, -0.2) is 60.4 Å². The van der Waals surface area contributed by atoms with Crippen molar-refractivity contribution in [3.05, 3.63) is 0 Å². The van der Waals surface area contributed by atoms with Crippen molar-refractivity contribution < 1.29 is 19.0 Å². The second-order valence-electron chi connectivity index (χ2n) is 8.19. The summed E-state index contributed by atoms with van der Waals surface area (Å²) in [7, 11) is 1.71. The van der Waals surface area contributed by atoms with Crippen molar-refractivity contribution in [2.45, 2.75) is 83.5 Å². The van der Waals surface area contributed by atoms with E-state index >= 15 is 0 Å². The standard InChI is InChI=1S/C16H31NO4/c1-11-12-13(21-15(5,6)7)16(20-11,9-17(12)18-8)10-19-14(2,3)4/h11-13H,9-10H2,1-8H3/t11-,12+,13?,16+/m0/s1. The third-order valence-electron chi connectivity index (χ3n) is 3.95. The van der Waals surface area contributed by atoms with Gasteiger partial charge in [0.05, 0.1) is 43.6 Å². The van der Waals surface area contributed by atoms with Crippen molar-refractivity contribution in [2.75, 3.05) is 20.3 Å². The largest absolute Gasteiger partial charge is 0.373 e. The minimum atomic E-state index is -0.458. The molecule has 2 aliphatic heterocycles. The molecule has 0 aromatic rings. The van der Waals surface area contributed by atoms with E-state index in [4.69, 9.17) is 19.0 Å². The number of fused-ring (bicyclic) bond motifs is 2. The molecule has 0 amide bonds. The summed E-state index contributed by atoms with van der Waals surface area (Å²) >= 11 is 0. The molecular formula is C16H31NO4. The van der Waals surface area contributed by atoms with E-state index in [9.17, 15) is 0 Å². The van der Waals surface area contributed by atoms with Gasteiger partial charge in [-0.3, -0.25) is 0 Å². The molecule has 5 nitrogen and oxygen atoms in total. The number of morpholine rings is 1. The molecule has 2 heterocycles. The monoisotopic (exact) mass is 301 g/mol. The Bertz CT molecular complexity index is 373. The van der Waals surface area contributed by atoms with Gasteiger partial charge in [-0.25, -0.2) is 0 Å². The first-order valence-corrected chi connectivity index (χ1v) is 7.78. The molecule has 2 aliphatic rings. The molecular weight excluding hydrogens is 270 g/mol. The minimum absolute atomic E-state index is 0.0465. The summed E-state index contributed by atoms with van der Waals surface area (Å²) in [4.78, 5) is 5.53. The Morgan fingerprint density at radius 2 is 1.76 bits per heavy atom. The van der Waals surface area contributed by atoms with E-state index in [0.717, 1.165) is 0 Å². The quantitative estimate of drug-likeness (QED) is 0.797. The lowest BCUT2D eigenvalue weighted by molar-refractivity contribution is -0.228. The molecule has 1 unspecified atom stereocenters. The molecule has 2 saturated heterocycles. The van der Waals surface area contributed by atoms with E-state index < -0.39 is 5.60 Å². The molecule has 0 aromatic heterocycles. The van der Waals surface area contributed by atoms with Gasteiger partial charge in [-0.2, -0.15) is 5.06 Å². The molecule has 4 atom stereocenters. The van der Waals surface area contributed by atoms with Crippen LogP contribution in [0.5, 0.6) is 0 Å². The Hall–Kier alpha value is -0.200. The van der Waals surface area contributed by atoms with Crippen LogP contribution in [0.2, 0.25) is 0 Å². The fourth-order valence-corrected chi connectivity index (χ4v) is 3.19. The van der Waals surface area contributed by atoms with Crippen LogP contribution < -0.4 is 0 Å². The molecule has 124 valence electrons. The SMILES string of the molecule is CON1C[C@]2(COC(C)(C)C)O[C@@H](C)[C@@H]1C2OC(C)(C)C. The maximum atomic E-state index is 6.33. The summed E-state index contributed by atoms with van der Waals surface area (Å²) < 4.78 is 18.6. The first kappa shape index (κ1) is 17.2. The Labute approximate surface area is 128 Å². The third kappa shape index (κ3) is 3.59. The lowest BCUT2D eigenvalue weighted by Gasteiger charge is -2.37. The van der Waals surface area contributed by atoms with Crippen LogP contribution in [0.25, 0.3) is 0 Å². The molecule has 0 aromatic carbocycles. The number of hydrogen-bond acceptors (Lipinski definition) is 5. The van der Waals surface area contributed by atoms with Crippen LogP contribution in [0, 0.1) is 0 Å². The van der Waals surface area contributed by atoms with Gasteiger partial charge in [0.2, 0.25) is 0 Å². The number of ether oxygens (including phenoxy) is 3. The average Bonchev–Trinajstić information content (AvgIpc) is 2.72. The van der Waals surface area contributed by atoms with Crippen LogP contribution >= 0.6 is 0 Å². The van der Waals surface area contributed by atoms with E-state index in [0.29, 0.717) is 13.2 Å². The minimum Gasteiger partial charge on any atom is -0.373 e. The van der Waals surface area contributed by atoms with Crippen molar-refractivity contribution in [1.82, 2.24) is 5.06 Å². The van der Waals surface area contributed by atoms with Crippen molar-refractivity contribution >= 4 is 0 Å². The van der Waals surface area contributed by atoms with E-state index in [2.05, 4.69) is 48.5 Å². The molecule has 0 spiro atoms. The van der Waals surface area contributed by atoms with Gasteiger partial charge in [0, 0.05) is 0 Å². The fraction of sp³-hybridized carbons (Fsp3) is 1.00. The molecule has 0 radical (unpaired) electrons. The van der Waals surface area contributed by atoms with Crippen molar-refractivity contribution in [2.24, 2.45) is 0 Å². The summed E-state index contributed by atoms with van der Waals surface area (Å²) in [5.41, 5.74) is -0.889.